The molecule has 1 unspecified atom stereocenters. The predicted octanol–water partition coefficient (Wildman–Crippen LogP) is 0.0250. The van der Waals surface area contributed by atoms with E-state index in [0.29, 0.717) is 0 Å². The van der Waals surface area contributed by atoms with E-state index in [9.17, 15) is 9.59 Å². The predicted molar refractivity (Wildman–Crippen MR) is 70.3 cm³/mol. The normalized spacial score (nSPS) is 12.9. The van der Waals surface area contributed by atoms with E-state index in [-0.39, 0.29) is 32.9 Å². The molecule has 112 valence electrons. The Morgan fingerprint density at radius 3 is 1.95 bits per heavy atom. The fraction of sp³-hybridized carbons (Fsp3) is 0.846. The zero-order valence-corrected chi connectivity index (χ0v) is 12.2. The molecule has 0 bridgehead atoms. The summed E-state index contributed by atoms with van der Waals surface area (Å²) >= 11 is 0. The minimum atomic E-state index is -0.939. The van der Waals surface area contributed by atoms with E-state index in [1.807, 2.05) is 0 Å². The highest BCUT2D eigenvalue weighted by Crippen LogP contribution is 2.29. The van der Waals surface area contributed by atoms with Crippen LogP contribution >= 0.6 is 0 Å². The summed E-state index contributed by atoms with van der Waals surface area (Å²) in [5.41, 5.74) is -0.591. The molecule has 0 rings (SSSR count). The molecule has 0 aromatic rings. The molecule has 19 heavy (non-hydrogen) atoms. The highest BCUT2D eigenvalue weighted by Gasteiger charge is 2.40. The molecule has 6 nitrogen and oxygen atoms in total. The zero-order valence-electron chi connectivity index (χ0n) is 12.2. The third kappa shape index (κ3) is 5.57. The minimum absolute atomic E-state index is 0.0887. The molecule has 0 saturated heterocycles. The van der Waals surface area contributed by atoms with Crippen LogP contribution in [0.25, 0.3) is 0 Å². The van der Waals surface area contributed by atoms with Crippen molar-refractivity contribution in [3.05, 3.63) is 0 Å². The van der Waals surface area contributed by atoms with Crippen LogP contribution in [0.2, 0.25) is 0 Å². The van der Waals surface area contributed by atoms with E-state index < -0.39 is 23.2 Å². The number of carbonyl (C=O) groups is 2. The number of nitrogens with zero attached hydrogens (tertiary/aromatic N) is 1. The Hall–Kier alpha value is -1.14. The van der Waals surface area contributed by atoms with Crippen molar-refractivity contribution in [1.82, 2.24) is 4.90 Å². The third-order valence-corrected chi connectivity index (χ3v) is 2.69. The van der Waals surface area contributed by atoms with E-state index in [1.165, 1.54) is 4.90 Å². The largest absolute Gasteiger partial charge is 0.465 e. The van der Waals surface area contributed by atoms with Crippen LogP contribution in [0.1, 0.15) is 27.7 Å². The van der Waals surface area contributed by atoms with Gasteiger partial charge in [0.05, 0.1) is 19.8 Å². The van der Waals surface area contributed by atoms with Crippen LogP contribution in [0, 0.1) is 11.3 Å². The second kappa shape index (κ2) is 8.12. The lowest BCUT2D eigenvalue weighted by Crippen LogP contribution is -2.47. The molecular formula is C13H25NO5. The van der Waals surface area contributed by atoms with Gasteiger partial charge in [0.1, 0.15) is 5.92 Å². The summed E-state index contributed by atoms with van der Waals surface area (Å²) in [4.78, 5) is 25.6. The summed E-state index contributed by atoms with van der Waals surface area (Å²) in [5.74, 6) is -1.93. The van der Waals surface area contributed by atoms with Gasteiger partial charge in [-0.3, -0.25) is 9.59 Å². The maximum absolute atomic E-state index is 12.4. The van der Waals surface area contributed by atoms with Gasteiger partial charge in [0.25, 0.3) is 0 Å². The summed E-state index contributed by atoms with van der Waals surface area (Å²) in [7, 11) is 0. The molecule has 0 saturated carbocycles. The average Bonchev–Trinajstić information content (AvgIpc) is 2.27. The molecule has 1 amide bonds. The van der Waals surface area contributed by atoms with E-state index in [0.717, 1.165) is 0 Å². The Balaban J connectivity index is 5.12. The highest BCUT2D eigenvalue weighted by molar-refractivity contribution is 5.98. The molecule has 0 aliphatic rings. The number of rotatable bonds is 7. The SMILES string of the molecule is CCOC(=O)C(C(=O)N(CCO)CCO)C(C)(C)C. The molecule has 0 radical (unpaired) electrons. The summed E-state index contributed by atoms with van der Waals surface area (Å²) in [6.07, 6.45) is 0. The highest BCUT2D eigenvalue weighted by atomic mass is 16.5. The van der Waals surface area contributed by atoms with Crippen molar-refractivity contribution < 1.29 is 24.5 Å². The van der Waals surface area contributed by atoms with Crippen molar-refractivity contribution >= 4 is 11.9 Å². The van der Waals surface area contributed by atoms with Gasteiger partial charge in [-0.15, -0.1) is 0 Å². The van der Waals surface area contributed by atoms with Crippen LogP contribution in [0.3, 0.4) is 0 Å². The molecule has 0 aliphatic carbocycles. The molecule has 0 aliphatic heterocycles. The van der Waals surface area contributed by atoms with Crippen LogP contribution in [0.15, 0.2) is 0 Å². The number of carbonyl (C=O) groups excluding carboxylic acids is 2. The first-order valence-corrected chi connectivity index (χ1v) is 6.46. The van der Waals surface area contributed by atoms with Gasteiger partial charge < -0.3 is 19.8 Å². The molecule has 0 fully saturated rings. The molecule has 0 spiro atoms. The van der Waals surface area contributed by atoms with Crippen molar-refractivity contribution in [3.63, 3.8) is 0 Å². The maximum atomic E-state index is 12.4. The molecule has 0 aromatic carbocycles. The number of hydrogen-bond donors (Lipinski definition) is 2. The third-order valence-electron chi connectivity index (χ3n) is 2.69. The van der Waals surface area contributed by atoms with E-state index in [2.05, 4.69) is 0 Å². The molecule has 0 aromatic heterocycles. The van der Waals surface area contributed by atoms with Gasteiger partial charge in [-0.25, -0.2) is 0 Å². The first-order chi connectivity index (χ1) is 8.79. The monoisotopic (exact) mass is 275 g/mol. The maximum Gasteiger partial charge on any atom is 0.319 e. The number of ether oxygens (including phenoxy) is 1. The number of aliphatic hydroxyl groups is 2. The van der Waals surface area contributed by atoms with Gasteiger partial charge in [-0.05, 0) is 12.3 Å². The van der Waals surface area contributed by atoms with Crippen molar-refractivity contribution in [2.45, 2.75) is 27.7 Å². The van der Waals surface area contributed by atoms with Gasteiger partial charge in [0.2, 0.25) is 5.91 Å². The van der Waals surface area contributed by atoms with Crippen molar-refractivity contribution in [1.29, 1.82) is 0 Å². The van der Waals surface area contributed by atoms with E-state index in [1.54, 1.807) is 27.7 Å². The van der Waals surface area contributed by atoms with Crippen molar-refractivity contribution in [2.24, 2.45) is 11.3 Å². The molecule has 0 heterocycles. The van der Waals surface area contributed by atoms with Gasteiger partial charge in [0.15, 0.2) is 0 Å². The standard InChI is InChI=1S/C13H25NO5/c1-5-19-12(18)10(13(2,3)4)11(17)14(6-8-15)7-9-16/h10,15-16H,5-9H2,1-4H3. The molecule has 6 heteroatoms. The number of amides is 1. The second-order valence-electron chi connectivity index (χ2n) is 5.32. The van der Waals surface area contributed by atoms with Gasteiger partial charge in [0, 0.05) is 13.1 Å². The van der Waals surface area contributed by atoms with Crippen molar-refractivity contribution in [3.8, 4) is 0 Å². The molecule has 1 atom stereocenters. The van der Waals surface area contributed by atoms with Crippen molar-refractivity contribution in [2.75, 3.05) is 32.9 Å². The lowest BCUT2D eigenvalue weighted by Gasteiger charge is -2.32. The molecular weight excluding hydrogens is 250 g/mol. The summed E-state index contributed by atoms with van der Waals surface area (Å²) in [5, 5.41) is 17.9. The number of hydrogen-bond acceptors (Lipinski definition) is 5. The lowest BCUT2D eigenvalue weighted by molar-refractivity contribution is -0.161. The fourth-order valence-corrected chi connectivity index (χ4v) is 1.81. The smallest absolute Gasteiger partial charge is 0.319 e. The lowest BCUT2D eigenvalue weighted by atomic mass is 9.79. The Bertz CT molecular complexity index is 292. The minimum Gasteiger partial charge on any atom is -0.465 e. The zero-order chi connectivity index (χ0) is 15.1. The Kier molecular flexibility index (Phi) is 7.63. The quantitative estimate of drug-likeness (QED) is 0.505. The van der Waals surface area contributed by atoms with Crippen LogP contribution in [0.4, 0.5) is 0 Å². The van der Waals surface area contributed by atoms with E-state index >= 15 is 0 Å². The van der Waals surface area contributed by atoms with Crippen LogP contribution in [0.5, 0.6) is 0 Å². The Morgan fingerprint density at radius 1 is 1.16 bits per heavy atom. The summed E-state index contributed by atoms with van der Waals surface area (Å²) in [6.45, 7) is 6.97. The summed E-state index contributed by atoms with van der Waals surface area (Å²) < 4.78 is 4.95. The number of aliphatic hydroxyl groups excluding tert-OH is 2. The van der Waals surface area contributed by atoms with Gasteiger partial charge >= 0.3 is 5.97 Å². The molecule has 2 N–H and O–H groups in total. The average molecular weight is 275 g/mol. The van der Waals surface area contributed by atoms with Gasteiger partial charge in [-0.1, -0.05) is 20.8 Å². The van der Waals surface area contributed by atoms with Crippen LogP contribution in [-0.2, 0) is 14.3 Å². The topological polar surface area (TPSA) is 87.1 Å². The Morgan fingerprint density at radius 2 is 1.63 bits per heavy atom. The van der Waals surface area contributed by atoms with Gasteiger partial charge in [-0.2, -0.15) is 0 Å². The first kappa shape index (κ1) is 17.9. The second-order valence-corrected chi connectivity index (χ2v) is 5.32. The number of esters is 1. The fourth-order valence-electron chi connectivity index (χ4n) is 1.81. The van der Waals surface area contributed by atoms with E-state index in [4.69, 9.17) is 14.9 Å². The van der Waals surface area contributed by atoms with Crippen LogP contribution < -0.4 is 0 Å². The Labute approximate surface area is 114 Å². The van der Waals surface area contributed by atoms with Crippen LogP contribution in [-0.4, -0.2) is 59.9 Å². The first-order valence-electron chi connectivity index (χ1n) is 6.46. The summed E-state index contributed by atoms with van der Waals surface area (Å²) in [6, 6.07) is 0.